The Bertz CT molecular complexity index is 604. The summed E-state index contributed by atoms with van der Waals surface area (Å²) in [4.78, 5) is 25.8. The molecule has 1 aromatic carbocycles. The zero-order chi connectivity index (χ0) is 16.4. The topological polar surface area (TPSA) is 49.4 Å². The number of hydrogen-bond acceptors (Lipinski definition) is 2. The highest BCUT2D eigenvalue weighted by Crippen LogP contribution is 2.49. The van der Waals surface area contributed by atoms with Crippen LogP contribution in [0.15, 0.2) is 24.3 Å². The van der Waals surface area contributed by atoms with Crippen LogP contribution in [0.4, 0.5) is 10.1 Å². The number of benzene rings is 1. The van der Waals surface area contributed by atoms with E-state index in [0.717, 1.165) is 5.92 Å². The Morgan fingerprint density at radius 1 is 1.30 bits per heavy atom. The first kappa shape index (κ1) is 16.0. The van der Waals surface area contributed by atoms with E-state index in [1.807, 2.05) is 0 Å². The van der Waals surface area contributed by atoms with Crippen molar-refractivity contribution in [1.29, 1.82) is 0 Å². The van der Waals surface area contributed by atoms with Crippen LogP contribution in [-0.4, -0.2) is 30.3 Å². The van der Waals surface area contributed by atoms with Gasteiger partial charge in [0.1, 0.15) is 5.82 Å². The van der Waals surface area contributed by atoms with E-state index in [2.05, 4.69) is 5.32 Å². The Balaban J connectivity index is 1.47. The predicted octanol–water partition coefficient (Wildman–Crippen LogP) is 3.05. The van der Waals surface area contributed by atoms with Gasteiger partial charge in [0.25, 0.3) is 0 Å². The third-order valence-corrected chi connectivity index (χ3v) is 5.24. The van der Waals surface area contributed by atoms with Gasteiger partial charge in [-0.1, -0.05) is 12.5 Å². The molecule has 3 atom stereocenters. The number of anilines is 1. The monoisotopic (exact) mass is 318 g/mol. The molecular weight excluding hydrogens is 295 g/mol. The molecule has 0 radical (unpaired) electrons. The number of carbonyl (C=O) groups is 2. The van der Waals surface area contributed by atoms with Gasteiger partial charge in [-0.25, -0.2) is 4.39 Å². The second kappa shape index (κ2) is 6.69. The van der Waals surface area contributed by atoms with Crippen molar-refractivity contribution in [3.63, 3.8) is 0 Å². The van der Waals surface area contributed by atoms with Gasteiger partial charge in [0, 0.05) is 19.2 Å². The van der Waals surface area contributed by atoms with E-state index in [-0.39, 0.29) is 18.4 Å². The van der Waals surface area contributed by atoms with E-state index < -0.39 is 5.82 Å². The summed E-state index contributed by atoms with van der Waals surface area (Å²) in [7, 11) is 1.65. The maximum atomic E-state index is 13.1. The van der Waals surface area contributed by atoms with Crippen LogP contribution in [-0.2, 0) is 9.59 Å². The summed E-state index contributed by atoms with van der Waals surface area (Å²) < 4.78 is 13.1. The number of nitrogens with zero attached hydrogens (tertiary/aromatic N) is 1. The minimum atomic E-state index is -0.400. The first-order valence-electron chi connectivity index (χ1n) is 8.30. The minimum absolute atomic E-state index is 0.00381. The molecule has 1 N–H and O–H groups in total. The zero-order valence-corrected chi connectivity index (χ0v) is 13.4. The summed E-state index contributed by atoms with van der Waals surface area (Å²) in [5.41, 5.74) is 0.406. The number of likely N-dealkylation sites (N-methyl/N-ethyl adjacent to an activating group) is 1. The molecule has 3 rings (SSSR count). The molecule has 2 aliphatic carbocycles. The van der Waals surface area contributed by atoms with Crippen LogP contribution in [0.1, 0.15) is 32.1 Å². The summed E-state index contributed by atoms with van der Waals surface area (Å²) in [6, 6.07) is 5.74. The van der Waals surface area contributed by atoms with Gasteiger partial charge in [0.2, 0.25) is 11.8 Å². The lowest BCUT2D eigenvalue weighted by Gasteiger charge is -2.24. The van der Waals surface area contributed by atoms with Crippen molar-refractivity contribution < 1.29 is 14.0 Å². The molecule has 2 bridgehead atoms. The fraction of sp³-hybridized carbons (Fsp3) is 0.556. The molecule has 2 saturated carbocycles. The molecular formula is C18H23FN2O2. The third kappa shape index (κ3) is 3.89. The average molecular weight is 318 g/mol. The van der Waals surface area contributed by atoms with Crippen LogP contribution in [0.3, 0.4) is 0 Å². The van der Waals surface area contributed by atoms with Gasteiger partial charge in [-0.3, -0.25) is 9.59 Å². The summed E-state index contributed by atoms with van der Waals surface area (Å²) in [6.45, 7) is -0.00381. The first-order valence-corrected chi connectivity index (χ1v) is 8.30. The number of nitrogens with one attached hydrogen (secondary N) is 1. The van der Waals surface area contributed by atoms with Crippen molar-refractivity contribution in [2.75, 3.05) is 18.9 Å². The third-order valence-electron chi connectivity index (χ3n) is 5.24. The van der Waals surface area contributed by atoms with Crippen molar-refractivity contribution in [2.24, 2.45) is 17.8 Å². The van der Waals surface area contributed by atoms with Crippen LogP contribution in [0, 0.1) is 23.6 Å². The molecule has 0 spiro atoms. The zero-order valence-electron chi connectivity index (χ0n) is 13.4. The summed E-state index contributed by atoms with van der Waals surface area (Å²) >= 11 is 0. The SMILES string of the molecule is CN(CC(=O)Nc1cccc(F)c1)C(=O)C[C@H]1C[C@@H]2CC[C@@H]1C2. The lowest BCUT2D eigenvalue weighted by Crippen LogP contribution is -2.36. The fourth-order valence-corrected chi connectivity index (χ4v) is 4.08. The molecule has 0 unspecified atom stereocenters. The lowest BCUT2D eigenvalue weighted by atomic mass is 9.86. The van der Waals surface area contributed by atoms with Gasteiger partial charge in [-0.2, -0.15) is 0 Å². The highest BCUT2D eigenvalue weighted by molar-refractivity contribution is 5.94. The van der Waals surface area contributed by atoms with Gasteiger partial charge < -0.3 is 10.2 Å². The average Bonchev–Trinajstić information content (AvgIpc) is 3.09. The standard InChI is InChI=1S/C18H23FN2O2/c1-21(11-17(22)20-16-4-2-3-15(19)10-16)18(23)9-14-8-12-5-6-13(14)7-12/h2-4,10,12-14H,5-9,11H2,1H3,(H,20,22)/t12-,13-,14-/m1/s1. The molecule has 0 saturated heterocycles. The molecule has 2 aliphatic rings. The number of carbonyl (C=O) groups excluding carboxylic acids is 2. The van der Waals surface area contributed by atoms with Crippen LogP contribution in [0.5, 0.6) is 0 Å². The van der Waals surface area contributed by atoms with Gasteiger partial charge in [-0.15, -0.1) is 0 Å². The quantitative estimate of drug-likeness (QED) is 0.907. The van der Waals surface area contributed by atoms with Gasteiger partial charge in [0.05, 0.1) is 6.54 Å². The van der Waals surface area contributed by atoms with Crippen molar-refractivity contribution in [3.8, 4) is 0 Å². The maximum absolute atomic E-state index is 13.1. The van der Waals surface area contributed by atoms with Crippen molar-refractivity contribution in [1.82, 2.24) is 4.90 Å². The van der Waals surface area contributed by atoms with E-state index in [0.29, 0.717) is 23.9 Å². The Morgan fingerprint density at radius 2 is 2.13 bits per heavy atom. The smallest absolute Gasteiger partial charge is 0.243 e. The van der Waals surface area contributed by atoms with Gasteiger partial charge in [-0.05, 0) is 55.2 Å². The van der Waals surface area contributed by atoms with Crippen LogP contribution in [0.2, 0.25) is 0 Å². The Morgan fingerprint density at radius 3 is 2.78 bits per heavy atom. The predicted molar refractivity (Wildman–Crippen MR) is 86.2 cm³/mol. The molecule has 23 heavy (non-hydrogen) atoms. The summed E-state index contributed by atoms with van der Waals surface area (Å²) in [6.07, 6.45) is 5.57. The highest BCUT2D eigenvalue weighted by atomic mass is 19.1. The van der Waals surface area contributed by atoms with Crippen molar-refractivity contribution in [3.05, 3.63) is 30.1 Å². The van der Waals surface area contributed by atoms with E-state index >= 15 is 0 Å². The fourth-order valence-electron chi connectivity index (χ4n) is 4.08. The van der Waals surface area contributed by atoms with Gasteiger partial charge in [0.15, 0.2) is 0 Å². The van der Waals surface area contributed by atoms with Crippen LogP contribution >= 0.6 is 0 Å². The van der Waals surface area contributed by atoms with E-state index in [9.17, 15) is 14.0 Å². The number of hydrogen-bond donors (Lipinski definition) is 1. The second-order valence-corrected chi connectivity index (χ2v) is 6.95. The lowest BCUT2D eigenvalue weighted by molar-refractivity contribution is -0.134. The molecule has 2 amide bonds. The Hall–Kier alpha value is -1.91. The van der Waals surface area contributed by atoms with Gasteiger partial charge >= 0.3 is 0 Å². The molecule has 5 heteroatoms. The largest absolute Gasteiger partial charge is 0.336 e. The molecule has 0 heterocycles. The normalized spacial score (nSPS) is 25.4. The number of halogens is 1. The van der Waals surface area contributed by atoms with E-state index in [1.165, 1.54) is 48.8 Å². The van der Waals surface area contributed by atoms with E-state index in [1.54, 1.807) is 13.1 Å². The minimum Gasteiger partial charge on any atom is -0.336 e. The number of fused-ring (bicyclic) bond motifs is 2. The van der Waals surface area contributed by atoms with Crippen LogP contribution in [0.25, 0.3) is 0 Å². The molecule has 0 aromatic heterocycles. The first-order chi connectivity index (χ1) is 11.0. The Kier molecular flexibility index (Phi) is 4.64. The van der Waals surface area contributed by atoms with Crippen LogP contribution < -0.4 is 5.32 Å². The summed E-state index contributed by atoms with van der Waals surface area (Å²) in [5, 5.41) is 2.62. The Labute approximate surface area is 136 Å². The number of rotatable bonds is 5. The molecule has 2 fully saturated rings. The van der Waals surface area contributed by atoms with E-state index in [4.69, 9.17) is 0 Å². The van der Waals surface area contributed by atoms with Crippen molar-refractivity contribution >= 4 is 17.5 Å². The molecule has 124 valence electrons. The highest BCUT2D eigenvalue weighted by Gasteiger charge is 2.40. The van der Waals surface area contributed by atoms with Crippen molar-refractivity contribution in [2.45, 2.75) is 32.1 Å². The maximum Gasteiger partial charge on any atom is 0.243 e. The summed E-state index contributed by atoms with van der Waals surface area (Å²) in [5.74, 6) is 1.34. The molecule has 1 aromatic rings. The number of amides is 2. The molecule has 4 nitrogen and oxygen atoms in total. The molecule has 0 aliphatic heterocycles. The second-order valence-electron chi connectivity index (χ2n) is 6.95.